The summed E-state index contributed by atoms with van der Waals surface area (Å²) in [5, 5.41) is 8.54. The standard InChI is InChI=1S/C21H21F3N4/c1-14-8-10-17(11-9-14)13-28-16(3)18(15(2)27-28)12-25-26-20-7-5-4-6-19(20)21(22,23)24/h4-12,26H,13H2,1-3H3/b25-12+. The summed E-state index contributed by atoms with van der Waals surface area (Å²) in [6, 6.07) is 13.4. The van der Waals surface area contributed by atoms with Gasteiger partial charge in [0.05, 0.1) is 29.7 Å². The van der Waals surface area contributed by atoms with Crippen LogP contribution >= 0.6 is 0 Å². The van der Waals surface area contributed by atoms with Crippen LogP contribution in [-0.2, 0) is 12.7 Å². The number of para-hydroxylation sites is 1. The second kappa shape index (κ2) is 7.88. The van der Waals surface area contributed by atoms with Gasteiger partial charge in [0.15, 0.2) is 0 Å². The first-order valence-corrected chi connectivity index (χ1v) is 8.80. The molecule has 28 heavy (non-hydrogen) atoms. The zero-order chi connectivity index (χ0) is 20.3. The van der Waals surface area contributed by atoms with Crippen molar-refractivity contribution in [3.05, 3.63) is 82.2 Å². The van der Waals surface area contributed by atoms with Crippen molar-refractivity contribution in [2.75, 3.05) is 5.43 Å². The Kier molecular flexibility index (Phi) is 5.53. The summed E-state index contributed by atoms with van der Waals surface area (Å²) < 4.78 is 41.0. The Morgan fingerprint density at radius 2 is 1.71 bits per heavy atom. The number of nitrogens with zero attached hydrogens (tertiary/aromatic N) is 3. The van der Waals surface area contributed by atoms with E-state index in [-0.39, 0.29) is 5.69 Å². The Labute approximate surface area is 161 Å². The maximum Gasteiger partial charge on any atom is 0.418 e. The van der Waals surface area contributed by atoms with Crippen LogP contribution in [0.15, 0.2) is 53.6 Å². The SMILES string of the molecule is Cc1ccc(Cn2nc(C)c(/C=N/Nc3ccccc3C(F)(F)F)c2C)cc1. The van der Waals surface area contributed by atoms with Crippen LogP contribution in [0, 0.1) is 20.8 Å². The number of aromatic nitrogens is 2. The van der Waals surface area contributed by atoms with Gasteiger partial charge in [0, 0.05) is 11.3 Å². The normalized spacial score (nSPS) is 11.9. The van der Waals surface area contributed by atoms with Crippen molar-refractivity contribution in [2.45, 2.75) is 33.5 Å². The van der Waals surface area contributed by atoms with Crippen LogP contribution in [0.5, 0.6) is 0 Å². The molecule has 0 aliphatic heterocycles. The number of nitrogens with one attached hydrogen (secondary N) is 1. The van der Waals surface area contributed by atoms with E-state index in [2.05, 4.69) is 27.8 Å². The number of anilines is 1. The average Bonchev–Trinajstić information content (AvgIpc) is 2.90. The highest BCUT2D eigenvalue weighted by molar-refractivity contribution is 5.83. The average molecular weight is 386 g/mol. The van der Waals surface area contributed by atoms with Gasteiger partial charge in [0.1, 0.15) is 0 Å². The lowest BCUT2D eigenvalue weighted by Crippen LogP contribution is -2.08. The molecule has 0 spiro atoms. The number of alkyl halides is 3. The fourth-order valence-electron chi connectivity index (χ4n) is 2.91. The van der Waals surface area contributed by atoms with Crippen LogP contribution < -0.4 is 5.43 Å². The topological polar surface area (TPSA) is 42.2 Å². The number of hydrazone groups is 1. The third-order valence-corrected chi connectivity index (χ3v) is 4.50. The molecule has 3 rings (SSSR count). The summed E-state index contributed by atoms with van der Waals surface area (Å²) in [6.07, 6.45) is -2.93. The molecule has 0 radical (unpaired) electrons. The molecule has 7 heteroatoms. The fourth-order valence-corrected chi connectivity index (χ4v) is 2.91. The van der Waals surface area contributed by atoms with Crippen LogP contribution in [0.25, 0.3) is 0 Å². The van der Waals surface area contributed by atoms with Gasteiger partial charge >= 0.3 is 6.18 Å². The number of hydrogen-bond donors (Lipinski definition) is 1. The predicted octanol–water partition coefficient (Wildman–Crippen LogP) is 5.32. The zero-order valence-electron chi connectivity index (χ0n) is 15.9. The van der Waals surface area contributed by atoms with Gasteiger partial charge in [0.25, 0.3) is 0 Å². The van der Waals surface area contributed by atoms with Crippen LogP contribution in [0.3, 0.4) is 0 Å². The molecule has 0 atom stereocenters. The molecular formula is C21H21F3N4. The van der Waals surface area contributed by atoms with E-state index < -0.39 is 11.7 Å². The van der Waals surface area contributed by atoms with E-state index in [0.717, 1.165) is 28.6 Å². The van der Waals surface area contributed by atoms with Gasteiger partial charge in [0.2, 0.25) is 0 Å². The number of rotatable bonds is 5. The van der Waals surface area contributed by atoms with Gasteiger partial charge in [-0.15, -0.1) is 0 Å². The third-order valence-electron chi connectivity index (χ3n) is 4.50. The first-order valence-electron chi connectivity index (χ1n) is 8.80. The monoisotopic (exact) mass is 386 g/mol. The summed E-state index contributed by atoms with van der Waals surface area (Å²) in [7, 11) is 0. The Hall–Kier alpha value is -3.09. The van der Waals surface area contributed by atoms with Crippen LogP contribution in [0.1, 0.15) is 33.6 Å². The highest BCUT2D eigenvalue weighted by atomic mass is 19.4. The lowest BCUT2D eigenvalue weighted by molar-refractivity contribution is -0.136. The molecule has 1 heterocycles. The molecule has 3 aromatic rings. The van der Waals surface area contributed by atoms with Gasteiger partial charge in [-0.3, -0.25) is 10.1 Å². The molecule has 4 nitrogen and oxygen atoms in total. The number of benzene rings is 2. The molecule has 0 fully saturated rings. The van der Waals surface area contributed by atoms with Crippen LogP contribution in [-0.4, -0.2) is 16.0 Å². The highest BCUT2D eigenvalue weighted by Gasteiger charge is 2.33. The summed E-state index contributed by atoms with van der Waals surface area (Å²) in [5.74, 6) is 0. The first-order chi connectivity index (χ1) is 13.3. The van der Waals surface area contributed by atoms with E-state index in [0.29, 0.717) is 6.54 Å². The Balaban J connectivity index is 1.78. The third kappa shape index (κ3) is 4.42. The molecule has 0 aliphatic carbocycles. The second-order valence-corrected chi connectivity index (χ2v) is 6.64. The van der Waals surface area contributed by atoms with E-state index in [1.54, 1.807) is 0 Å². The van der Waals surface area contributed by atoms with Crippen molar-refractivity contribution in [3.63, 3.8) is 0 Å². The van der Waals surface area contributed by atoms with Gasteiger partial charge in [-0.05, 0) is 38.5 Å². The van der Waals surface area contributed by atoms with E-state index in [9.17, 15) is 13.2 Å². The van der Waals surface area contributed by atoms with Crippen molar-refractivity contribution in [1.29, 1.82) is 0 Å². The minimum atomic E-state index is -4.44. The molecular weight excluding hydrogens is 365 g/mol. The predicted molar refractivity (Wildman–Crippen MR) is 105 cm³/mol. The molecule has 0 saturated carbocycles. The summed E-state index contributed by atoms with van der Waals surface area (Å²) in [4.78, 5) is 0. The molecule has 0 bridgehead atoms. The van der Waals surface area contributed by atoms with Crippen molar-refractivity contribution >= 4 is 11.9 Å². The molecule has 0 saturated heterocycles. The first kappa shape index (κ1) is 19.7. The minimum Gasteiger partial charge on any atom is -0.278 e. The molecule has 0 aliphatic rings. The van der Waals surface area contributed by atoms with Gasteiger partial charge < -0.3 is 0 Å². The number of halogens is 3. The number of aryl methyl sites for hydroxylation is 2. The Morgan fingerprint density at radius 3 is 2.39 bits per heavy atom. The highest BCUT2D eigenvalue weighted by Crippen LogP contribution is 2.34. The molecule has 2 aromatic carbocycles. The van der Waals surface area contributed by atoms with Crippen molar-refractivity contribution in [2.24, 2.45) is 5.10 Å². The molecule has 146 valence electrons. The van der Waals surface area contributed by atoms with Gasteiger partial charge in [-0.25, -0.2) is 0 Å². The maximum absolute atomic E-state index is 13.1. The van der Waals surface area contributed by atoms with Crippen LogP contribution in [0.4, 0.5) is 18.9 Å². The van der Waals surface area contributed by atoms with E-state index >= 15 is 0 Å². The summed E-state index contributed by atoms with van der Waals surface area (Å²) in [5.41, 5.74) is 6.41. The summed E-state index contributed by atoms with van der Waals surface area (Å²) >= 11 is 0. The second-order valence-electron chi connectivity index (χ2n) is 6.64. The van der Waals surface area contributed by atoms with E-state index in [4.69, 9.17) is 0 Å². The largest absolute Gasteiger partial charge is 0.418 e. The molecule has 0 unspecified atom stereocenters. The maximum atomic E-state index is 13.1. The lowest BCUT2D eigenvalue weighted by Gasteiger charge is -2.11. The smallest absolute Gasteiger partial charge is 0.278 e. The Bertz CT molecular complexity index is 986. The van der Waals surface area contributed by atoms with Crippen molar-refractivity contribution in [1.82, 2.24) is 9.78 Å². The van der Waals surface area contributed by atoms with E-state index in [1.165, 1.54) is 30.0 Å². The van der Waals surface area contributed by atoms with Crippen LogP contribution in [0.2, 0.25) is 0 Å². The molecule has 1 aromatic heterocycles. The zero-order valence-corrected chi connectivity index (χ0v) is 15.9. The minimum absolute atomic E-state index is 0.0893. The fraction of sp³-hybridized carbons (Fsp3) is 0.238. The quantitative estimate of drug-likeness (QED) is 0.476. The number of hydrogen-bond acceptors (Lipinski definition) is 3. The Morgan fingerprint density at radius 1 is 1.04 bits per heavy atom. The van der Waals surface area contributed by atoms with E-state index in [1.807, 2.05) is 37.6 Å². The molecule has 1 N–H and O–H groups in total. The summed E-state index contributed by atoms with van der Waals surface area (Å²) in [6.45, 7) is 6.42. The van der Waals surface area contributed by atoms with Gasteiger partial charge in [-0.1, -0.05) is 42.0 Å². The molecule has 0 amide bonds. The van der Waals surface area contributed by atoms with Crippen molar-refractivity contribution < 1.29 is 13.2 Å². The van der Waals surface area contributed by atoms with Crippen molar-refractivity contribution in [3.8, 4) is 0 Å². The van der Waals surface area contributed by atoms with Gasteiger partial charge in [-0.2, -0.15) is 23.4 Å². The lowest BCUT2D eigenvalue weighted by atomic mass is 10.1.